The molecule has 6 nitrogen and oxygen atoms in total. The van der Waals surface area contributed by atoms with Crippen molar-refractivity contribution in [2.45, 2.75) is 38.2 Å². The fourth-order valence-corrected chi connectivity index (χ4v) is 4.19. The number of aryl methyl sites for hydroxylation is 3. The third kappa shape index (κ3) is 3.65. The van der Waals surface area contributed by atoms with Gasteiger partial charge in [0.15, 0.2) is 11.0 Å². The average molecular weight is 407 g/mol. The van der Waals surface area contributed by atoms with E-state index in [1.54, 1.807) is 12.3 Å². The number of fused-ring (bicyclic) bond motifs is 1. The minimum absolute atomic E-state index is 0.348. The van der Waals surface area contributed by atoms with Gasteiger partial charge in [0.1, 0.15) is 11.3 Å². The van der Waals surface area contributed by atoms with Crippen molar-refractivity contribution < 1.29 is 8.83 Å². The molecule has 0 saturated heterocycles. The molecule has 7 heteroatoms. The summed E-state index contributed by atoms with van der Waals surface area (Å²) in [6.45, 7) is 10.4. The highest BCUT2D eigenvalue weighted by Crippen LogP contribution is 2.30. The SMILES string of the molecule is C=CCn1c(SCc2cc(=O)oc3cc(C)c(C)cc23)nnc1-c1ccoc1C. The van der Waals surface area contributed by atoms with Crippen molar-refractivity contribution in [3.63, 3.8) is 0 Å². The molecule has 4 rings (SSSR count). The van der Waals surface area contributed by atoms with E-state index in [-0.39, 0.29) is 5.63 Å². The molecular weight excluding hydrogens is 386 g/mol. The maximum absolute atomic E-state index is 12.0. The second-order valence-corrected chi connectivity index (χ2v) is 7.85. The fourth-order valence-electron chi connectivity index (χ4n) is 3.25. The van der Waals surface area contributed by atoms with Crippen LogP contribution in [0.1, 0.15) is 22.5 Å². The van der Waals surface area contributed by atoms with Crippen LogP contribution in [0.25, 0.3) is 22.4 Å². The van der Waals surface area contributed by atoms with E-state index in [1.165, 1.54) is 11.8 Å². The molecule has 1 aromatic carbocycles. The molecule has 0 aliphatic heterocycles. The first kappa shape index (κ1) is 19.3. The number of thioether (sulfide) groups is 1. The van der Waals surface area contributed by atoms with Crippen LogP contribution in [-0.4, -0.2) is 14.8 Å². The van der Waals surface area contributed by atoms with Crippen molar-refractivity contribution in [2.24, 2.45) is 0 Å². The Morgan fingerprint density at radius 3 is 2.69 bits per heavy atom. The first-order valence-corrected chi connectivity index (χ1v) is 10.2. The van der Waals surface area contributed by atoms with Crippen molar-refractivity contribution in [3.05, 3.63) is 76.1 Å². The van der Waals surface area contributed by atoms with Gasteiger partial charge in [-0.25, -0.2) is 4.79 Å². The van der Waals surface area contributed by atoms with Crippen molar-refractivity contribution in [1.29, 1.82) is 0 Å². The first-order chi connectivity index (χ1) is 14.0. The minimum Gasteiger partial charge on any atom is -0.469 e. The second kappa shape index (κ2) is 7.75. The van der Waals surface area contributed by atoms with Gasteiger partial charge in [-0.1, -0.05) is 17.8 Å². The lowest BCUT2D eigenvalue weighted by molar-refractivity contribution is 0.534. The summed E-state index contributed by atoms with van der Waals surface area (Å²) in [5.41, 5.74) is 4.33. The molecule has 0 saturated carbocycles. The zero-order valence-electron chi connectivity index (χ0n) is 16.6. The molecule has 0 fully saturated rings. The largest absolute Gasteiger partial charge is 0.469 e. The van der Waals surface area contributed by atoms with Gasteiger partial charge in [0.25, 0.3) is 0 Å². The Balaban J connectivity index is 1.70. The summed E-state index contributed by atoms with van der Waals surface area (Å²) >= 11 is 1.53. The van der Waals surface area contributed by atoms with E-state index in [2.05, 4.69) is 29.8 Å². The van der Waals surface area contributed by atoms with E-state index in [4.69, 9.17) is 8.83 Å². The van der Waals surface area contributed by atoms with Crippen LogP contribution in [0, 0.1) is 20.8 Å². The Morgan fingerprint density at radius 2 is 1.97 bits per heavy atom. The molecule has 0 bridgehead atoms. The lowest BCUT2D eigenvalue weighted by Crippen LogP contribution is -2.03. The Labute approximate surface area is 172 Å². The number of nitrogens with zero attached hydrogens (tertiary/aromatic N) is 3. The Bertz CT molecular complexity index is 1270. The predicted octanol–water partition coefficient (Wildman–Crippen LogP) is 5.05. The second-order valence-electron chi connectivity index (χ2n) is 6.91. The monoisotopic (exact) mass is 407 g/mol. The quantitative estimate of drug-likeness (QED) is 0.253. The van der Waals surface area contributed by atoms with E-state index in [0.29, 0.717) is 17.9 Å². The highest BCUT2D eigenvalue weighted by atomic mass is 32.2. The standard InChI is InChI=1S/C22H21N3O3S/c1-5-7-25-21(17-6-8-27-15(17)4)23-24-22(25)29-12-16-11-20(26)28-19-10-14(3)13(2)9-18(16)19/h5-6,8-11H,1,7,12H2,2-4H3. The molecule has 0 spiro atoms. The number of hydrogen-bond donors (Lipinski definition) is 0. The maximum Gasteiger partial charge on any atom is 0.336 e. The number of hydrogen-bond acceptors (Lipinski definition) is 6. The molecule has 0 aliphatic carbocycles. The molecule has 0 aliphatic rings. The molecule has 3 heterocycles. The van der Waals surface area contributed by atoms with Gasteiger partial charge in [-0.05, 0) is 55.7 Å². The topological polar surface area (TPSA) is 74.1 Å². The molecule has 4 aromatic rings. The third-order valence-electron chi connectivity index (χ3n) is 4.93. The fraction of sp³-hybridized carbons (Fsp3) is 0.227. The van der Waals surface area contributed by atoms with E-state index in [1.807, 2.05) is 36.6 Å². The van der Waals surface area contributed by atoms with Gasteiger partial charge in [0.2, 0.25) is 0 Å². The van der Waals surface area contributed by atoms with Gasteiger partial charge in [0.05, 0.1) is 11.8 Å². The molecule has 3 aromatic heterocycles. The van der Waals surface area contributed by atoms with Crippen LogP contribution in [-0.2, 0) is 12.3 Å². The van der Waals surface area contributed by atoms with E-state index < -0.39 is 0 Å². The van der Waals surface area contributed by atoms with E-state index in [9.17, 15) is 4.79 Å². The van der Waals surface area contributed by atoms with Crippen LogP contribution in [0.5, 0.6) is 0 Å². The average Bonchev–Trinajstić information content (AvgIpc) is 3.27. The Hall–Kier alpha value is -3.06. The van der Waals surface area contributed by atoms with Crippen LogP contribution in [0.4, 0.5) is 0 Å². The highest BCUT2D eigenvalue weighted by molar-refractivity contribution is 7.98. The lowest BCUT2D eigenvalue weighted by atomic mass is 10.0. The lowest BCUT2D eigenvalue weighted by Gasteiger charge is -2.09. The molecule has 0 radical (unpaired) electrons. The summed E-state index contributed by atoms with van der Waals surface area (Å²) in [4.78, 5) is 12.0. The Kier molecular flexibility index (Phi) is 5.15. The zero-order chi connectivity index (χ0) is 20.5. The minimum atomic E-state index is -0.348. The third-order valence-corrected chi connectivity index (χ3v) is 5.95. The van der Waals surface area contributed by atoms with Gasteiger partial charge in [0, 0.05) is 23.8 Å². The van der Waals surface area contributed by atoms with Crippen LogP contribution in [0.2, 0.25) is 0 Å². The molecular formula is C22H21N3O3S. The summed E-state index contributed by atoms with van der Waals surface area (Å²) in [5, 5.41) is 10.4. The number of benzene rings is 1. The van der Waals surface area contributed by atoms with Crippen molar-refractivity contribution in [1.82, 2.24) is 14.8 Å². The predicted molar refractivity (Wildman–Crippen MR) is 114 cm³/mol. The molecule has 0 amide bonds. The van der Waals surface area contributed by atoms with Gasteiger partial charge < -0.3 is 8.83 Å². The van der Waals surface area contributed by atoms with Crippen molar-refractivity contribution in [2.75, 3.05) is 0 Å². The number of furan rings is 1. The van der Waals surface area contributed by atoms with Crippen LogP contribution in [0.15, 0.2) is 62.0 Å². The normalized spacial score (nSPS) is 11.3. The Morgan fingerprint density at radius 1 is 1.17 bits per heavy atom. The van der Waals surface area contributed by atoms with Gasteiger partial charge >= 0.3 is 5.63 Å². The molecule has 148 valence electrons. The molecule has 29 heavy (non-hydrogen) atoms. The molecule has 0 unspecified atom stereocenters. The number of rotatable bonds is 6. The van der Waals surface area contributed by atoms with Crippen LogP contribution < -0.4 is 5.63 Å². The van der Waals surface area contributed by atoms with E-state index in [0.717, 1.165) is 44.4 Å². The van der Waals surface area contributed by atoms with Crippen molar-refractivity contribution >= 4 is 22.7 Å². The first-order valence-electron chi connectivity index (χ1n) is 9.23. The summed E-state index contributed by atoms with van der Waals surface area (Å²) in [6, 6.07) is 7.42. The van der Waals surface area contributed by atoms with Crippen molar-refractivity contribution in [3.8, 4) is 11.4 Å². The summed E-state index contributed by atoms with van der Waals surface area (Å²) in [6.07, 6.45) is 3.45. The maximum atomic E-state index is 12.0. The van der Waals surface area contributed by atoms with Gasteiger partial charge in [-0.15, -0.1) is 16.8 Å². The molecule has 0 N–H and O–H groups in total. The smallest absolute Gasteiger partial charge is 0.336 e. The number of allylic oxidation sites excluding steroid dienone is 1. The summed E-state index contributed by atoms with van der Waals surface area (Å²) in [5.74, 6) is 2.10. The van der Waals surface area contributed by atoms with Crippen LogP contribution >= 0.6 is 11.8 Å². The zero-order valence-corrected chi connectivity index (χ0v) is 17.4. The summed E-state index contributed by atoms with van der Waals surface area (Å²) < 4.78 is 12.8. The summed E-state index contributed by atoms with van der Waals surface area (Å²) in [7, 11) is 0. The molecule has 0 atom stereocenters. The highest BCUT2D eigenvalue weighted by Gasteiger charge is 2.17. The van der Waals surface area contributed by atoms with Crippen LogP contribution in [0.3, 0.4) is 0 Å². The van der Waals surface area contributed by atoms with Gasteiger partial charge in [-0.2, -0.15) is 0 Å². The van der Waals surface area contributed by atoms with Gasteiger partial charge in [-0.3, -0.25) is 4.57 Å². The number of aromatic nitrogens is 3. The van der Waals surface area contributed by atoms with E-state index >= 15 is 0 Å².